The SMILES string of the molecule is CC(C)(C)OC(=O)N1CCC(CCS(=O)CCCc2ccncc2)CC1. The van der Waals surface area contributed by atoms with Gasteiger partial charge in [-0.2, -0.15) is 0 Å². The molecule has 1 aromatic rings. The van der Waals surface area contributed by atoms with E-state index in [0.29, 0.717) is 5.92 Å². The van der Waals surface area contributed by atoms with Crippen molar-refractivity contribution in [1.82, 2.24) is 9.88 Å². The highest BCUT2D eigenvalue weighted by atomic mass is 32.2. The van der Waals surface area contributed by atoms with E-state index < -0.39 is 16.4 Å². The zero-order chi connectivity index (χ0) is 19.0. The van der Waals surface area contributed by atoms with E-state index in [1.807, 2.05) is 32.9 Å². The molecule has 1 aliphatic heterocycles. The highest BCUT2D eigenvalue weighted by Crippen LogP contribution is 2.22. The van der Waals surface area contributed by atoms with E-state index in [4.69, 9.17) is 4.74 Å². The van der Waals surface area contributed by atoms with Gasteiger partial charge in [0.05, 0.1) is 0 Å². The van der Waals surface area contributed by atoms with Crippen LogP contribution >= 0.6 is 0 Å². The summed E-state index contributed by atoms with van der Waals surface area (Å²) >= 11 is 0. The van der Waals surface area contributed by atoms with E-state index >= 15 is 0 Å². The van der Waals surface area contributed by atoms with Gasteiger partial charge in [0.25, 0.3) is 0 Å². The Labute approximate surface area is 160 Å². The first-order valence-corrected chi connectivity index (χ1v) is 11.0. The molecule has 1 aromatic heterocycles. The Morgan fingerprint density at radius 2 is 1.88 bits per heavy atom. The van der Waals surface area contributed by atoms with E-state index in [9.17, 15) is 9.00 Å². The molecule has 26 heavy (non-hydrogen) atoms. The lowest BCUT2D eigenvalue weighted by Gasteiger charge is -2.33. The van der Waals surface area contributed by atoms with E-state index in [-0.39, 0.29) is 6.09 Å². The third-order valence-corrected chi connectivity index (χ3v) is 6.04. The summed E-state index contributed by atoms with van der Waals surface area (Å²) in [4.78, 5) is 17.9. The second-order valence-electron chi connectivity index (χ2n) is 8.01. The number of ether oxygens (including phenoxy) is 1. The lowest BCUT2D eigenvalue weighted by molar-refractivity contribution is 0.0183. The van der Waals surface area contributed by atoms with Crippen LogP contribution in [0.2, 0.25) is 0 Å². The van der Waals surface area contributed by atoms with Crippen LogP contribution in [0.25, 0.3) is 0 Å². The number of carbonyl (C=O) groups excluding carboxylic acids is 1. The molecule has 0 aromatic carbocycles. The summed E-state index contributed by atoms with van der Waals surface area (Å²) in [6.45, 7) is 7.16. The fraction of sp³-hybridized carbons (Fsp3) is 0.700. The lowest BCUT2D eigenvalue weighted by Crippen LogP contribution is -2.41. The minimum atomic E-state index is -0.747. The van der Waals surface area contributed by atoms with Crippen molar-refractivity contribution in [2.75, 3.05) is 24.6 Å². The van der Waals surface area contributed by atoms with Gasteiger partial charge in [0.1, 0.15) is 5.60 Å². The molecule has 0 bridgehead atoms. The van der Waals surface area contributed by atoms with E-state index in [1.54, 1.807) is 17.3 Å². The molecule has 2 rings (SSSR count). The molecule has 1 atom stereocenters. The Morgan fingerprint density at radius 3 is 2.50 bits per heavy atom. The van der Waals surface area contributed by atoms with Crippen LogP contribution in [0.15, 0.2) is 24.5 Å². The number of hydrogen-bond acceptors (Lipinski definition) is 4. The third kappa shape index (κ3) is 7.85. The molecule has 1 amide bonds. The molecule has 0 saturated carbocycles. The van der Waals surface area contributed by atoms with Crippen LogP contribution in [-0.4, -0.2) is 50.4 Å². The van der Waals surface area contributed by atoms with Gasteiger partial charge in [-0.05, 0) is 76.5 Å². The first kappa shape index (κ1) is 20.9. The molecule has 1 unspecified atom stereocenters. The minimum Gasteiger partial charge on any atom is -0.444 e. The van der Waals surface area contributed by atoms with Gasteiger partial charge in [-0.15, -0.1) is 0 Å². The predicted octanol–water partition coefficient (Wildman–Crippen LogP) is 3.80. The normalized spacial score (nSPS) is 17.1. The highest BCUT2D eigenvalue weighted by molar-refractivity contribution is 7.84. The molecule has 5 nitrogen and oxygen atoms in total. The Balaban J connectivity index is 1.59. The summed E-state index contributed by atoms with van der Waals surface area (Å²) in [6.07, 6.45) is 8.25. The van der Waals surface area contributed by atoms with Crippen molar-refractivity contribution in [3.05, 3.63) is 30.1 Å². The monoisotopic (exact) mass is 380 g/mol. The average Bonchev–Trinajstić information content (AvgIpc) is 2.60. The number of aryl methyl sites for hydroxylation is 1. The highest BCUT2D eigenvalue weighted by Gasteiger charge is 2.26. The first-order valence-electron chi connectivity index (χ1n) is 9.55. The molecule has 0 spiro atoms. The second-order valence-corrected chi connectivity index (χ2v) is 9.70. The maximum absolute atomic E-state index is 12.2. The van der Waals surface area contributed by atoms with Crippen LogP contribution in [0.1, 0.15) is 52.0 Å². The summed E-state index contributed by atoms with van der Waals surface area (Å²) in [5, 5.41) is 0. The molecular formula is C20H32N2O3S. The maximum Gasteiger partial charge on any atom is 0.410 e. The van der Waals surface area contributed by atoms with Gasteiger partial charge in [-0.1, -0.05) is 0 Å². The number of amides is 1. The summed E-state index contributed by atoms with van der Waals surface area (Å²) in [5.41, 5.74) is 0.813. The number of piperidine rings is 1. The average molecular weight is 381 g/mol. The number of rotatable bonds is 7. The van der Waals surface area contributed by atoms with Gasteiger partial charge in [0, 0.05) is 47.8 Å². The quantitative estimate of drug-likeness (QED) is 0.722. The van der Waals surface area contributed by atoms with Crippen LogP contribution in [0, 0.1) is 5.92 Å². The number of hydrogen-bond donors (Lipinski definition) is 0. The fourth-order valence-electron chi connectivity index (χ4n) is 3.12. The van der Waals surface area contributed by atoms with Gasteiger partial charge in [-0.25, -0.2) is 4.79 Å². The van der Waals surface area contributed by atoms with Crippen LogP contribution in [-0.2, 0) is 22.0 Å². The van der Waals surface area contributed by atoms with Gasteiger partial charge in [-0.3, -0.25) is 9.19 Å². The smallest absolute Gasteiger partial charge is 0.410 e. The summed E-state index contributed by atoms with van der Waals surface area (Å²) in [5.74, 6) is 2.10. The van der Waals surface area contributed by atoms with Crippen molar-refractivity contribution in [2.45, 2.75) is 58.5 Å². The van der Waals surface area contributed by atoms with Crippen molar-refractivity contribution >= 4 is 16.9 Å². The Hall–Kier alpha value is -1.43. The second kappa shape index (κ2) is 10.0. The zero-order valence-electron chi connectivity index (χ0n) is 16.3. The third-order valence-electron chi connectivity index (χ3n) is 4.61. The van der Waals surface area contributed by atoms with E-state index in [2.05, 4.69) is 4.98 Å². The van der Waals surface area contributed by atoms with Gasteiger partial charge in [0.2, 0.25) is 0 Å². The van der Waals surface area contributed by atoms with E-state index in [0.717, 1.165) is 56.7 Å². The number of pyridine rings is 1. The zero-order valence-corrected chi connectivity index (χ0v) is 17.1. The van der Waals surface area contributed by atoms with Crippen LogP contribution < -0.4 is 0 Å². The Kier molecular flexibility index (Phi) is 8.07. The van der Waals surface area contributed by atoms with Crippen LogP contribution in [0.5, 0.6) is 0 Å². The van der Waals surface area contributed by atoms with Crippen molar-refractivity contribution in [3.63, 3.8) is 0 Å². The lowest BCUT2D eigenvalue weighted by atomic mass is 9.95. The van der Waals surface area contributed by atoms with Crippen LogP contribution in [0.3, 0.4) is 0 Å². The standard InChI is InChI=1S/C20H32N2O3S/c1-20(2,3)25-19(23)22-13-8-18(9-14-22)10-16-26(24)15-4-5-17-6-11-21-12-7-17/h6-7,11-12,18H,4-5,8-10,13-16H2,1-3H3. The van der Waals surface area contributed by atoms with Gasteiger partial charge < -0.3 is 9.64 Å². The fourth-order valence-corrected chi connectivity index (χ4v) is 4.38. The summed E-state index contributed by atoms with van der Waals surface area (Å²) in [6, 6.07) is 4.03. The number of carbonyl (C=O) groups is 1. The molecule has 2 heterocycles. The predicted molar refractivity (Wildman–Crippen MR) is 106 cm³/mol. The van der Waals surface area contributed by atoms with Gasteiger partial charge >= 0.3 is 6.09 Å². The molecule has 1 aliphatic rings. The van der Waals surface area contributed by atoms with Crippen molar-refractivity contribution in [3.8, 4) is 0 Å². The molecule has 0 aliphatic carbocycles. The topological polar surface area (TPSA) is 59.5 Å². The molecule has 0 radical (unpaired) electrons. The van der Waals surface area contributed by atoms with Crippen molar-refractivity contribution in [2.24, 2.45) is 5.92 Å². The molecule has 1 saturated heterocycles. The Bertz CT molecular complexity index is 578. The summed E-state index contributed by atoms with van der Waals surface area (Å²) in [7, 11) is -0.747. The molecular weight excluding hydrogens is 348 g/mol. The minimum absolute atomic E-state index is 0.212. The largest absolute Gasteiger partial charge is 0.444 e. The Morgan fingerprint density at radius 1 is 1.23 bits per heavy atom. The maximum atomic E-state index is 12.2. The number of nitrogens with zero attached hydrogens (tertiary/aromatic N) is 2. The van der Waals surface area contributed by atoms with Crippen LogP contribution in [0.4, 0.5) is 4.79 Å². The molecule has 146 valence electrons. The van der Waals surface area contributed by atoms with Crippen molar-refractivity contribution < 1.29 is 13.7 Å². The number of likely N-dealkylation sites (tertiary alicyclic amines) is 1. The molecule has 1 fully saturated rings. The molecule has 6 heteroatoms. The van der Waals surface area contributed by atoms with E-state index in [1.165, 1.54) is 5.56 Å². The van der Waals surface area contributed by atoms with Crippen molar-refractivity contribution in [1.29, 1.82) is 0 Å². The van der Waals surface area contributed by atoms with Gasteiger partial charge in [0.15, 0.2) is 0 Å². The molecule has 0 N–H and O–H groups in total. The summed E-state index contributed by atoms with van der Waals surface area (Å²) < 4.78 is 17.6. The number of aromatic nitrogens is 1. The first-order chi connectivity index (χ1) is 12.3.